The van der Waals surface area contributed by atoms with E-state index in [1.807, 2.05) is 67.6 Å². The Kier molecular flexibility index (Phi) is 3.33. The summed E-state index contributed by atoms with van der Waals surface area (Å²) in [5.41, 5.74) is 1.74. The molecule has 0 unspecified atom stereocenters. The SMILES string of the molecule is Cc1nc(N=Nc2ccccc2)nn1-c1ccccc1. The Bertz CT molecular complexity index is 717. The first kappa shape index (κ1) is 12.2. The van der Waals surface area contributed by atoms with Gasteiger partial charge in [0.1, 0.15) is 5.82 Å². The van der Waals surface area contributed by atoms with Crippen molar-refractivity contribution in [2.45, 2.75) is 6.92 Å². The maximum absolute atomic E-state index is 4.34. The highest BCUT2D eigenvalue weighted by molar-refractivity contribution is 5.36. The van der Waals surface area contributed by atoms with Crippen molar-refractivity contribution >= 4 is 11.6 Å². The molecule has 0 aliphatic carbocycles. The van der Waals surface area contributed by atoms with Crippen LogP contribution in [0.4, 0.5) is 11.6 Å². The van der Waals surface area contributed by atoms with E-state index in [-0.39, 0.29) is 0 Å². The maximum Gasteiger partial charge on any atom is 0.288 e. The van der Waals surface area contributed by atoms with Crippen molar-refractivity contribution in [3.63, 3.8) is 0 Å². The Morgan fingerprint density at radius 1 is 0.850 bits per heavy atom. The highest BCUT2D eigenvalue weighted by Gasteiger charge is 2.06. The Morgan fingerprint density at radius 3 is 2.20 bits per heavy atom. The molecule has 0 spiro atoms. The summed E-state index contributed by atoms with van der Waals surface area (Å²) in [6.45, 7) is 1.89. The molecule has 1 aromatic heterocycles. The second-order valence-electron chi connectivity index (χ2n) is 4.24. The predicted molar refractivity (Wildman–Crippen MR) is 76.7 cm³/mol. The minimum absolute atomic E-state index is 0.357. The third-order valence-electron chi connectivity index (χ3n) is 2.77. The molecule has 5 heteroatoms. The average molecular weight is 263 g/mol. The first-order chi connectivity index (χ1) is 9.83. The number of nitrogens with zero attached hydrogens (tertiary/aromatic N) is 5. The van der Waals surface area contributed by atoms with Gasteiger partial charge in [0.25, 0.3) is 5.95 Å². The first-order valence-electron chi connectivity index (χ1n) is 6.29. The van der Waals surface area contributed by atoms with Gasteiger partial charge in [0.2, 0.25) is 0 Å². The van der Waals surface area contributed by atoms with Crippen molar-refractivity contribution in [2.24, 2.45) is 10.2 Å². The van der Waals surface area contributed by atoms with E-state index in [0.717, 1.165) is 17.2 Å². The van der Waals surface area contributed by atoms with E-state index >= 15 is 0 Å². The lowest BCUT2D eigenvalue weighted by Crippen LogP contribution is -1.98. The lowest BCUT2D eigenvalue weighted by atomic mass is 10.3. The van der Waals surface area contributed by atoms with Gasteiger partial charge in [-0.15, -0.1) is 15.3 Å². The lowest BCUT2D eigenvalue weighted by molar-refractivity contribution is 0.838. The molecule has 20 heavy (non-hydrogen) atoms. The summed E-state index contributed by atoms with van der Waals surface area (Å²) in [4.78, 5) is 4.29. The Labute approximate surface area is 116 Å². The summed E-state index contributed by atoms with van der Waals surface area (Å²) in [7, 11) is 0. The second-order valence-corrected chi connectivity index (χ2v) is 4.24. The number of hydrogen-bond donors (Lipinski definition) is 0. The molecule has 98 valence electrons. The highest BCUT2D eigenvalue weighted by Crippen LogP contribution is 2.16. The van der Waals surface area contributed by atoms with Crippen LogP contribution in [-0.2, 0) is 0 Å². The third-order valence-corrected chi connectivity index (χ3v) is 2.77. The van der Waals surface area contributed by atoms with Crippen molar-refractivity contribution in [2.75, 3.05) is 0 Å². The minimum atomic E-state index is 0.357. The van der Waals surface area contributed by atoms with Crippen LogP contribution in [0, 0.1) is 6.92 Å². The molecule has 0 bridgehead atoms. The van der Waals surface area contributed by atoms with Crippen molar-refractivity contribution in [3.8, 4) is 5.69 Å². The van der Waals surface area contributed by atoms with Gasteiger partial charge in [-0.3, -0.25) is 0 Å². The number of azo groups is 1. The number of hydrogen-bond acceptors (Lipinski definition) is 4. The van der Waals surface area contributed by atoms with Crippen LogP contribution in [0.5, 0.6) is 0 Å². The zero-order chi connectivity index (χ0) is 13.8. The van der Waals surface area contributed by atoms with Gasteiger partial charge in [-0.1, -0.05) is 36.4 Å². The third kappa shape index (κ3) is 2.61. The molecule has 2 aromatic carbocycles. The van der Waals surface area contributed by atoms with Crippen LogP contribution in [0.2, 0.25) is 0 Å². The van der Waals surface area contributed by atoms with E-state index in [4.69, 9.17) is 0 Å². The maximum atomic E-state index is 4.34. The second kappa shape index (κ2) is 5.44. The fourth-order valence-corrected chi connectivity index (χ4v) is 1.83. The van der Waals surface area contributed by atoms with Gasteiger partial charge in [0.15, 0.2) is 0 Å². The molecular weight excluding hydrogens is 250 g/mol. The normalized spacial score (nSPS) is 11.1. The van der Waals surface area contributed by atoms with Crippen molar-refractivity contribution in [1.29, 1.82) is 0 Å². The molecule has 0 radical (unpaired) electrons. The predicted octanol–water partition coefficient (Wildman–Crippen LogP) is 3.99. The van der Waals surface area contributed by atoms with E-state index in [2.05, 4.69) is 20.3 Å². The zero-order valence-electron chi connectivity index (χ0n) is 11.0. The molecule has 1 heterocycles. The van der Waals surface area contributed by atoms with Crippen LogP contribution < -0.4 is 0 Å². The molecular formula is C15H13N5. The summed E-state index contributed by atoms with van der Waals surface area (Å²) in [6.07, 6.45) is 0. The molecule has 0 aliphatic rings. The van der Waals surface area contributed by atoms with Crippen LogP contribution in [-0.4, -0.2) is 14.8 Å². The van der Waals surface area contributed by atoms with E-state index in [0.29, 0.717) is 5.95 Å². The minimum Gasteiger partial charge on any atom is -0.216 e. The van der Waals surface area contributed by atoms with Crippen LogP contribution in [0.1, 0.15) is 5.82 Å². The van der Waals surface area contributed by atoms with Crippen molar-refractivity contribution < 1.29 is 0 Å². The molecule has 0 saturated heterocycles. The number of aromatic nitrogens is 3. The molecule has 0 fully saturated rings. The van der Waals surface area contributed by atoms with Gasteiger partial charge < -0.3 is 0 Å². The molecule has 0 N–H and O–H groups in total. The van der Waals surface area contributed by atoms with Gasteiger partial charge in [-0.25, -0.2) is 4.68 Å². The van der Waals surface area contributed by atoms with Crippen molar-refractivity contribution in [1.82, 2.24) is 14.8 Å². The van der Waals surface area contributed by atoms with E-state index in [9.17, 15) is 0 Å². The quantitative estimate of drug-likeness (QED) is 0.671. The molecule has 0 aliphatic heterocycles. The fraction of sp³-hybridized carbons (Fsp3) is 0.0667. The fourth-order valence-electron chi connectivity index (χ4n) is 1.83. The van der Waals surface area contributed by atoms with Crippen LogP contribution in [0.3, 0.4) is 0 Å². The standard InChI is InChI=1S/C15H13N5/c1-12-16-15(18-17-13-8-4-2-5-9-13)19-20(12)14-10-6-3-7-11-14/h2-11H,1H3. The molecule has 3 aromatic rings. The van der Waals surface area contributed by atoms with Gasteiger partial charge in [-0.05, 0) is 31.2 Å². The summed E-state index contributed by atoms with van der Waals surface area (Å²) in [5, 5.41) is 12.5. The highest BCUT2D eigenvalue weighted by atomic mass is 15.4. The van der Waals surface area contributed by atoms with Gasteiger partial charge in [0, 0.05) is 0 Å². The summed E-state index contributed by atoms with van der Waals surface area (Å²) in [6, 6.07) is 19.3. The largest absolute Gasteiger partial charge is 0.288 e. The topological polar surface area (TPSA) is 55.4 Å². The molecule has 0 atom stereocenters. The molecule has 3 rings (SSSR count). The Morgan fingerprint density at radius 2 is 1.50 bits per heavy atom. The molecule has 0 amide bonds. The van der Waals surface area contributed by atoms with Gasteiger partial charge in [0.05, 0.1) is 11.4 Å². The monoisotopic (exact) mass is 263 g/mol. The number of aryl methyl sites for hydroxylation is 1. The summed E-state index contributed by atoms with van der Waals surface area (Å²) in [5.74, 6) is 1.13. The number of benzene rings is 2. The van der Waals surface area contributed by atoms with Gasteiger partial charge in [-0.2, -0.15) is 4.98 Å². The van der Waals surface area contributed by atoms with Crippen LogP contribution in [0.25, 0.3) is 5.69 Å². The molecule has 0 saturated carbocycles. The van der Waals surface area contributed by atoms with E-state index in [1.54, 1.807) is 4.68 Å². The first-order valence-corrected chi connectivity index (χ1v) is 6.29. The smallest absolute Gasteiger partial charge is 0.216 e. The van der Waals surface area contributed by atoms with Crippen LogP contribution >= 0.6 is 0 Å². The van der Waals surface area contributed by atoms with Crippen molar-refractivity contribution in [3.05, 3.63) is 66.5 Å². The Hall–Kier alpha value is -2.82. The number of rotatable bonds is 3. The molecule has 5 nitrogen and oxygen atoms in total. The number of para-hydroxylation sites is 1. The lowest BCUT2D eigenvalue weighted by Gasteiger charge is -2.00. The summed E-state index contributed by atoms with van der Waals surface area (Å²) >= 11 is 0. The Balaban J connectivity index is 1.88. The summed E-state index contributed by atoms with van der Waals surface area (Å²) < 4.78 is 1.75. The van der Waals surface area contributed by atoms with Crippen LogP contribution in [0.15, 0.2) is 70.9 Å². The van der Waals surface area contributed by atoms with Gasteiger partial charge >= 0.3 is 0 Å². The average Bonchev–Trinajstić information content (AvgIpc) is 2.88. The van der Waals surface area contributed by atoms with E-state index in [1.165, 1.54) is 0 Å². The van der Waals surface area contributed by atoms with E-state index < -0.39 is 0 Å². The zero-order valence-corrected chi connectivity index (χ0v) is 11.0.